The molecule has 1 saturated heterocycles. The molecule has 0 spiro atoms. The molecule has 1 aliphatic heterocycles. The lowest BCUT2D eigenvalue weighted by Gasteiger charge is -2.31. The van der Waals surface area contributed by atoms with Crippen molar-refractivity contribution >= 4 is 11.3 Å². The Balaban J connectivity index is 1.17. The normalized spacial score (nSPS) is 17.5. The van der Waals surface area contributed by atoms with Crippen LogP contribution in [-0.4, -0.2) is 37.5 Å². The van der Waals surface area contributed by atoms with E-state index in [9.17, 15) is 4.79 Å². The molecular formula is C22H25N5OS. The standard InChI is InChI=1S/C22H25N5OS/c28-22-12-19(17-4-8-23-9-5-17)24-15-27(22)13-16-6-10-26(11-7-16)14-21-25-18-2-1-3-20(18)29-21/h4-5,8-9,12,15-16H,1-3,6-7,10-11,13-14H2. The number of aryl methyl sites for hydroxylation is 2. The van der Waals surface area contributed by atoms with Crippen molar-refractivity contribution in [3.8, 4) is 11.3 Å². The Labute approximate surface area is 174 Å². The van der Waals surface area contributed by atoms with Crippen LogP contribution in [0.5, 0.6) is 0 Å². The van der Waals surface area contributed by atoms with E-state index in [-0.39, 0.29) is 5.56 Å². The van der Waals surface area contributed by atoms with Gasteiger partial charge in [0.2, 0.25) is 0 Å². The van der Waals surface area contributed by atoms with Crippen LogP contribution >= 0.6 is 11.3 Å². The fourth-order valence-electron chi connectivity index (χ4n) is 4.35. The lowest BCUT2D eigenvalue weighted by Crippen LogP contribution is -2.36. The summed E-state index contributed by atoms with van der Waals surface area (Å²) in [5.41, 5.74) is 3.00. The highest BCUT2D eigenvalue weighted by molar-refractivity contribution is 7.11. The highest BCUT2D eigenvalue weighted by atomic mass is 32.1. The Morgan fingerprint density at radius 3 is 2.72 bits per heavy atom. The van der Waals surface area contributed by atoms with Crippen LogP contribution in [0.15, 0.2) is 41.7 Å². The summed E-state index contributed by atoms with van der Waals surface area (Å²) in [6.07, 6.45) is 11.0. The van der Waals surface area contributed by atoms with Crippen molar-refractivity contribution in [1.29, 1.82) is 0 Å². The van der Waals surface area contributed by atoms with Crippen molar-refractivity contribution in [2.45, 2.75) is 45.2 Å². The molecule has 0 atom stereocenters. The monoisotopic (exact) mass is 407 g/mol. The first-order chi connectivity index (χ1) is 14.2. The van der Waals surface area contributed by atoms with Crippen molar-refractivity contribution < 1.29 is 0 Å². The van der Waals surface area contributed by atoms with Gasteiger partial charge in [0.15, 0.2) is 0 Å². The molecule has 3 aromatic heterocycles. The molecule has 0 bridgehead atoms. The number of hydrogen-bond acceptors (Lipinski definition) is 6. The van der Waals surface area contributed by atoms with Crippen molar-refractivity contribution in [3.05, 3.63) is 62.9 Å². The number of fused-ring (bicyclic) bond motifs is 1. The first-order valence-corrected chi connectivity index (χ1v) is 11.2. The third-order valence-corrected chi connectivity index (χ3v) is 7.16. The van der Waals surface area contributed by atoms with Gasteiger partial charge < -0.3 is 0 Å². The van der Waals surface area contributed by atoms with Gasteiger partial charge in [-0.15, -0.1) is 11.3 Å². The van der Waals surface area contributed by atoms with Gasteiger partial charge >= 0.3 is 0 Å². The molecule has 0 unspecified atom stereocenters. The maximum absolute atomic E-state index is 12.6. The van der Waals surface area contributed by atoms with E-state index in [4.69, 9.17) is 4.98 Å². The molecule has 0 N–H and O–H groups in total. The Morgan fingerprint density at radius 2 is 1.97 bits per heavy atom. The lowest BCUT2D eigenvalue weighted by atomic mass is 9.96. The Morgan fingerprint density at radius 1 is 1.14 bits per heavy atom. The molecule has 0 saturated carbocycles. The van der Waals surface area contributed by atoms with Crippen LogP contribution < -0.4 is 5.56 Å². The molecule has 1 fully saturated rings. The molecule has 4 heterocycles. The number of thiazole rings is 1. The second kappa shape index (κ2) is 8.16. The fraction of sp³-hybridized carbons (Fsp3) is 0.455. The highest BCUT2D eigenvalue weighted by Crippen LogP contribution is 2.29. The van der Waals surface area contributed by atoms with Crippen molar-refractivity contribution in [1.82, 2.24) is 24.4 Å². The van der Waals surface area contributed by atoms with E-state index in [1.807, 2.05) is 23.5 Å². The molecule has 1 aliphatic carbocycles. The molecule has 2 aliphatic rings. The Hall–Kier alpha value is -2.38. The number of pyridine rings is 1. The topological polar surface area (TPSA) is 63.9 Å². The number of hydrogen-bond donors (Lipinski definition) is 0. The molecule has 6 nitrogen and oxygen atoms in total. The molecule has 7 heteroatoms. The van der Waals surface area contributed by atoms with E-state index in [0.717, 1.165) is 51.0 Å². The number of piperidine rings is 1. The maximum atomic E-state index is 12.6. The zero-order valence-electron chi connectivity index (χ0n) is 16.5. The summed E-state index contributed by atoms with van der Waals surface area (Å²) < 4.78 is 1.76. The average molecular weight is 408 g/mol. The minimum Gasteiger partial charge on any atom is -0.299 e. The third kappa shape index (κ3) is 4.16. The van der Waals surface area contributed by atoms with Crippen LogP contribution in [0, 0.1) is 5.92 Å². The van der Waals surface area contributed by atoms with Crippen molar-refractivity contribution in [3.63, 3.8) is 0 Å². The fourth-order valence-corrected chi connectivity index (χ4v) is 5.55. The largest absolute Gasteiger partial charge is 0.299 e. The van der Waals surface area contributed by atoms with Gasteiger partial charge in [0.1, 0.15) is 5.01 Å². The average Bonchev–Trinajstić information content (AvgIpc) is 3.33. The van der Waals surface area contributed by atoms with Crippen LogP contribution in [0.1, 0.15) is 34.8 Å². The first kappa shape index (κ1) is 18.6. The van der Waals surface area contributed by atoms with E-state index < -0.39 is 0 Å². The van der Waals surface area contributed by atoms with Crippen LogP contribution in [-0.2, 0) is 25.9 Å². The molecular weight excluding hydrogens is 382 g/mol. The zero-order chi connectivity index (χ0) is 19.6. The Kier molecular flexibility index (Phi) is 5.24. The molecule has 5 rings (SSSR count). The predicted molar refractivity (Wildman–Crippen MR) is 114 cm³/mol. The van der Waals surface area contributed by atoms with Gasteiger partial charge in [-0.1, -0.05) is 0 Å². The Bertz CT molecular complexity index is 1020. The molecule has 150 valence electrons. The molecule has 0 amide bonds. The van der Waals surface area contributed by atoms with E-state index in [2.05, 4.69) is 14.9 Å². The van der Waals surface area contributed by atoms with Crippen LogP contribution in [0.25, 0.3) is 11.3 Å². The van der Waals surface area contributed by atoms with Gasteiger partial charge in [-0.25, -0.2) is 9.97 Å². The smallest absolute Gasteiger partial charge is 0.253 e. The van der Waals surface area contributed by atoms with Crippen LogP contribution in [0.2, 0.25) is 0 Å². The quantitative estimate of drug-likeness (QED) is 0.650. The van der Waals surface area contributed by atoms with Gasteiger partial charge in [0, 0.05) is 35.4 Å². The van der Waals surface area contributed by atoms with Gasteiger partial charge in [0.05, 0.1) is 24.3 Å². The molecule has 0 radical (unpaired) electrons. The van der Waals surface area contributed by atoms with Gasteiger partial charge in [-0.3, -0.25) is 19.2 Å². The minimum absolute atomic E-state index is 0.0199. The number of rotatable bonds is 5. The van der Waals surface area contributed by atoms with E-state index in [1.54, 1.807) is 29.4 Å². The SMILES string of the molecule is O=c1cc(-c2ccncc2)ncn1CC1CCN(Cc2nc3c(s2)CCC3)CC1. The molecule has 3 aromatic rings. The number of nitrogens with zero attached hydrogens (tertiary/aromatic N) is 5. The summed E-state index contributed by atoms with van der Waals surface area (Å²) in [7, 11) is 0. The van der Waals surface area contributed by atoms with Gasteiger partial charge in [-0.05, 0) is 63.2 Å². The van der Waals surface area contributed by atoms with Crippen molar-refractivity contribution in [2.24, 2.45) is 5.92 Å². The summed E-state index contributed by atoms with van der Waals surface area (Å²) in [5.74, 6) is 0.527. The van der Waals surface area contributed by atoms with E-state index >= 15 is 0 Å². The van der Waals surface area contributed by atoms with Gasteiger partial charge in [-0.2, -0.15) is 0 Å². The molecule has 29 heavy (non-hydrogen) atoms. The summed E-state index contributed by atoms with van der Waals surface area (Å²) in [5, 5.41) is 1.28. The first-order valence-electron chi connectivity index (χ1n) is 10.4. The molecule has 0 aromatic carbocycles. The number of aromatic nitrogens is 4. The summed E-state index contributed by atoms with van der Waals surface area (Å²) in [6.45, 7) is 3.88. The summed E-state index contributed by atoms with van der Waals surface area (Å²) in [4.78, 5) is 29.9. The summed E-state index contributed by atoms with van der Waals surface area (Å²) in [6, 6.07) is 5.38. The second-order valence-electron chi connectivity index (χ2n) is 8.05. The van der Waals surface area contributed by atoms with E-state index in [1.165, 1.54) is 28.4 Å². The van der Waals surface area contributed by atoms with Crippen LogP contribution in [0.3, 0.4) is 0 Å². The van der Waals surface area contributed by atoms with Gasteiger partial charge in [0.25, 0.3) is 5.56 Å². The highest BCUT2D eigenvalue weighted by Gasteiger charge is 2.22. The van der Waals surface area contributed by atoms with E-state index in [0.29, 0.717) is 11.6 Å². The lowest BCUT2D eigenvalue weighted by molar-refractivity contribution is 0.166. The van der Waals surface area contributed by atoms with Crippen LogP contribution in [0.4, 0.5) is 0 Å². The van der Waals surface area contributed by atoms with Crippen molar-refractivity contribution in [2.75, 3.05) is 13.1 Å². The predicted octanol–water partition coefficient (Wildman–Crippen LogP) is 3.16. The summed E-state index contributed by atoms with van der Waals surface area (Å²) >= 11 is 1.91. The second-order valence-corrected chi connectivity index (χ2v) is 9.22. The maximum Gasteiger partial charge on any atom is 0.253 e. The number of likely N-dealkylation sites (tertiary alicyclic amines) is 1. The zero-order valence-corrected chi connectivity index (χ0v) is 17.3. The third-order valence-electron chi connectivity index (χ3n) is 6.02. The minimum atomic E-state index is 0.0199.